The highest BCUT2D eigenvalue weighted by atomic mass is 32.1. The highest BCUT2D eigenvalue weighted by Gasteiger charge is 2.14. The molecule has 0 atom stereocenters. The third-order valence-corrected chi connectivity index (χ3v) is 5.94. The zero-order valence-corrected chi connectivity index (χ0v) is 16.8. The molecular weight excluding hydrogens is 380 g/mol. The Labute approximate surface area is 171 Å². The number of aryl methyl sites for hydroxylation is 2. The molecule has 5 rings (SSSR count). The SMILES string of the molecule is Cc1cc(C)n(-c2ccc3cccc(NC(=O)c4cc5ccccc5s4)c3n2)n1. The van der Waals surface area contributed by atoms with Gasteiger partial charge in [0.1, 0.15) is 0 Å². The monoisotopic (exact) mass is 398 g/mol. The molecule has 0 saturated carbocycles. The minimum atomic E-state index is -0.128. The Morgan fingerprint density at radius 2 is 1.79 bits per heavy atom. The Hall–Kier alpha value is -3.51. The van der Waals surface area contributed by atoms with E-state index in [-0.39, 0.29) is 5.91 Å². The number of nitrogens with one attached hydrogen (secondary N) is 1. The molecule has 0 saturated heterocycles. The van der Waals surface area contributed by atoms with Gasteiger partial charge in [0, 0.05) is 15.8 Å². The summed E-state index contributed by atoms with van der Waals surface area (Å²) < 4.78 is 2.92. The van der Waals surface area contributed by atoms with Gasteiger partial charge in [0.15, 0.2) is 5.82 Å². The first kappa shape index (κ1) is 17.6. The number of hydrogen-bond donors (Lipinski definition) is 1. The van der Waals surface area contributed by atoms with Crippen molar-refractivity contribution in [2.24, 2.45) is 0 Å². The van der Waals surface area contributed by atoms with Crippen LogP contribution in [0, 0.1) is 13.8 Å². The maximum atomic E-state index is 12.9. The molecule has 0 radical (unpaired) electrons. The second-order valence-corrected chi connectivity index (χ2v) is 8.07. The predicted octanol–water partition coefficient (Wildman–Crippen LogP) is 5.50. The molecule has 1 N–H and O–H groups in total. The number of nitrogens with zero attached hydrogens (tertiary/aromatic N) is 3. The molecule has 29 heavy (non-hydrogen) atoms. The lowest BCUT2D eigenvalue weighted by Crippen LogP contribution is -2.11. The summed E-state index contributed by atoms with van der Waals surface area (Å²) in [5.74, 6) is 0.601. The molecule has 0 unspecified atom stereocenters. The van der Waals surface area contributed by atoms with E-state index in [1.54, 1.807) is 0 Å². The Kier molecular flexibility index (Phi) is 4.14. The van der Waals surface area contributed by atoms with E-state index in [1.165, 1.54) is 11.3 Å². The fourth-order valence-electron chi connectivity index (χ4n) is 3.49. The van der Waals surface area contributed by atoms with Crippen LogP contribution < -0.4 is 5.32 Å². The Balaban J connectivity index is 1.54. The van der Waals surface area contributed by atoms with Gasteiger partial charge < -0.3 is 5.32 Å². The third kappa shape index (κ3) is 3.17. The second-order valence-electron chi connectivity index (χ2n) is 6.99. The smallest absolute Gasteiger partial charge is 0.265 e. The molecule has 6 heteroatoms. The molecule has 5 nitrogen and oxygen atoms in total. The molecule has 0 fully saturated rings. The molecule has 0 spiro atoms. The van der Waals surface area contributed by atoms with Gasteiger partial charge in [-0.3, -0.25) is 4.79 Å². The first-order chi connectivity index (χ1) is 14.1. The van der Waals surface area contributed by atoms with Gasteiger partial charge in [0.05, 0.1) is 21.8 Å². The molecule has 0 aliphatic heterocycles. The largest absolute Gasteiger partial charge is 0.319 e. The number of amides is 1. The van der Waals surface area contributed by atoms with E-state index >= 15 is 0 Å². The zero-order chi connectivity index (χ0) is 20.0. The third-order valence-electron chi connectivity index (χ3n) is 4.83. The second kappa shape index (κ2) is 6.83. The van der Waals surface area contributed by atoms with Crippen LogP contribution in [-0.4, -0.2) is 20.7 Å². The number of benzene rings is 2. The average Bonchev–Trinajstić information content (AvgIpc) is 3.30. The highest BCUT2D eigenvalue weighted by Crippen LogP contribution is 2.28. The van der Waals surface area contributed by atoms with Crippen LogP contribution in [0.4, 0.5) is 5.69 Å². The van der Waals surface area contributed by atoms with Crippen LogP contribution in [0.5, 0.6) is 0 Å². The summed E-state index contributed by atoms with van der Waals surface area (Å²) in [5.41, 5.74) is 3.39. The van der Waals surface area contributed by atoms with Crippen molar-refractivity contribution >= 4 is 43.9 Å². The van der Waals surface area contributed by atoms with Crippen molar-refractivity contribution < 1.29 is 4.79 Å². The summed E-state index contributed by atoms with van der Waals surface area (Å²) in [5, 5.41) is 9.60. The van der Waals surface area contributed by atoms with Crippen molar-refractivity contribution in [2.75, 3.05) is 5.32 Å². The van der Waals surface area contributed by atoms with Crippen LogP contribution in [-0.2, 0) is 0 Å². The van der Waals surface area contributed by atoms with Gasteiger partial charge in [0.2, 0.25) is 0 Å². The molecule has 3 heterocycles. The van der Waals surface area contributed by atoms with E-state index in [2.05, 4.69) is 10.4 Å². The number of hydrogen-bond acceptors (Lipinski definition) is 4. The van der Waals surface area contributed by atoms with Crippen LogP contribution in [0.2, 0.25) is 0 Å². The summed E-state index contributed by atoms with van der Waals surface area (Å²) in [4.78, 5) is 18.4. The van der Waals surface area contributed by atoms with Crippen LogP contribution in [0.1, 0.15) is 21.1 Å². The Morgan fingerprint density at radius 3 is 2.59 bits per heavy atom. The standard InChI is InChI=1S/C23H18N4OS/c1-14-12-15(2)27(26-14)21-11-10-16-7-5-8-18(22(16)25-21)24-23(28)20-13-17-6-3-4-9-19(17)29-20/h3-13H,1-2H3,(H,24,28). The lowest BCUT2D eigenvalue weighted by Gasteiger charge is -2.10. The van der Waals surface area contributed by atoms with E-state index in [0.717, 1.165) is 38.2 Å². The maximum absolute atomic E-state index is 12.9. The van der Waals surface area contributed by atoms with Crippen molar-refractivity contribution in [3.05, 3.63) is 83.0 Å². The number of thiophene rings is 1. The normalized spacial score (nSPS) is 11.2. The van der Waals surface area contributed by atoms with Crippen molar-refractivity contribution in [1.82, 2.24) is 14.8 Å². The number of carbonyl (C=O) groups is 1. The highest BCUT2D eigenvalue weighted by molar-refractivity contribution is 7.20. The van der Waals surface area contributed by atoms with Gasteiger partial charge in [0.25, 0.3) is 5.91 Å². The summed E-state index contributed by atoms with van der Waals surface area (Å²) in [6.45, 7) is 3.96. The van der Waals surface area contributed by atoms with E-state index in [1.807, 2.05) is 85.3 Å². The van der Waals surface area contributed by atoms with E-state index < -0.39 is 0 Å². The molecule has 3 aromatic heterocycles. The number of rotatable bonds is 3. The summed E-state index contributed by atoms with van der Waals surface area (Å²) in [6, 6.07) is 21.7. The van der Waals surface area contributed by atoms with Crippen molar-refractivity contribution in [1.29, 1.82) is 0 Å². The number of pyridine rings is 1. The van der Waals surface area contributed by atoms with Crippen molar-refractivity contribution in [2.45, 2.75) is 13.8 Å². The van der Waals surface area contributed by atoms with Gasteiger partial charge in [-0.25, -0.2) is 9.67 Å². The molecule has 0 aliphatic carbocycles. The molecule has 5 aromatic rings. The topological polar surface area (TPSA) is 59.8 Å². The number of fused-ring (bicyclic) bond motifs is 2. The molecular formula is C23H18N4OS. The van der Waals surface area contributed by atoms with Gasteiger partial charge in [-0.05, 0) is 55.6 Å². The number of aromatic nitrogens is 3. The first-order valence-electron chi connectivity index (χ1n) is 9.32. The van der Waals surface area contributed by atoms with E-state index in [9.17, 15) is 4.79 Å². The lowest BCUT2D eigenvalue weighted by molar-refractivity contribution is 0.103. The lowest BCUT2D eigenvalue weighted by atomic mass is 10.2. The summed E-state index contributed by atoms with van der Waals surface area (Å²) in [7, 11) is 0. The number of para-hydroxylation sites is 1. The van der Waals surface area contributed by atoms with Crippen molar-refractivity contribution in [3.8, 4) is 5.82 Å². The Morgan fingerprint density at radius 1 is 0.966 bits per heavy atom. The maximum Gasteiger partial charge on any atom is 0.265 e. The molecule has 2 aromatic carbocycles. The quantitative estimate of drug-likeness (QED) is 0.436. The summed E-state index contributed by atoms with van der Waals surface area (Å²) in [6.07, 6.45) is 0. The predicted molar refractivity (Wildman–Crippen MR) is 118 cm³/mol. The van der Waals surface area contributed by atoms with Crippen LogP contribution in [0.3, 0.4) is 0 Å². The molecule has 0 bridgehead atoms. The van der Waals surface area contributed by atoms with Crippen LogP contribution >= 0.6 is 11.3 Å². The fraction of sp³-hybridized carbons (Fsp3) is 0.0870. The fourth-order valence-corrected chi connectivity index (χ4v) is 4.45. The molecule has 1 amide bonds. The van der Waals surface area contributed by atoms with Crippen molar-refractivity contribution in [3.63, 3.8) is 0 Å². The average molecular weight is 398 g/mol. The van der Waals surface area contributed by atoms with Gasteiger partial charge in [-0.15, -0.1) is 11.3 Å². The first-order valence-corrected chi connectivity index (χ1v) is 10.1. The Bertz CT molecular complexity index is 1350. The molecule has 0 aliphatic rings. The van der Waals surface area contributed by atoms with Crippen LogP contribution in [0.25, 0.3) is 26.8 Å². The van der Waals surface area contributed by atoms with E-state index in [4.69, 9.17) is 4.98 Å². The van der Waals surface area contributed by atoms with Gasteiger partial charge in [-0.1, -0.05) is 30.3 Å². The summed E-state index contributed by atoms with van der Waals surface area (Å²) >= 11 is 1.49. The zero-order valence-electron chi connectivity index (χ0n) is 16.0. The van der Waals surface area contributed by atoms with Crippen LogP contribution in [0.15, 0.2) is 66.7 Å². The molecule has 142 valence electrons. The number of anilines is 1. The number of carbonyl (C=O) groups excluding carboxylic acids is 1. The van der Waals surface area contributed by atoms with Gasteiger partial charge >= 0.3 is 0 Å². The minimum Gasteiger partial charge on any atom is -0.319 e. The minimum absolute atomic E-state index is 0.128. The van der Waals surface area contributed by atoms with Gasteiger partial charge in [-0.2, -0.15) is 5.10 Å². The van der Waals surface area contributed by atoms with E-state index in [0.29, 0.717) is 10.6 Å².